The first kappa shape index (κ1) is 20.0. The summed E-state index contributed by atoms with van der Waals surface area (Å²) in [5.41, 5.74) is 4.20. The Balaban J connectivity index is 1.33. The Hall–Kier alpha value is -4.34. The summed E-state index contributed by atoms with van der Waals surface area (Å²) in [7, 11) is 0. The minimum atomic E-state index is -0.452. The molecule has 0 saturated heterocycles. The van der Waals surface area contributed by atoms with Crippen LogP contribution >= 0.6 is 0 Å². The van der Waals surface area contributed by atoms with Crippen molar-refractivity contribution in [2.75, 3.05) is 18.7 Å². The van der Waals surface area contributed by atoms with E-state index in [1.165, 1.54) is 12.3 Å². The molecule has 158 valence electrons. The van der Waals surface area contributed by atoms with Crippen molar-refractivity contribution >= 4 is 23.5 Å². The third-order valence-electron chi connectivity index (χ3n) is 4.45. The number of carbonyl (C=O) groups is 1. The lowest BCUT2D eigenvalue weighted by Crippen LogP contribution is -2.25. The number of amides is 1. The van der Waals surface area contributed by atoms with E-state index in [4.69, 9.17) is 13.9 Å². The summed E-state index contributed by atoms with van der Waals surface area (Å²) in [5, 5.41) is 18.1. The molecule has 1 aromatic heterocycles. The smallest absolute Gasteiger partial charge is 0.280 e. The van der Waals surface area contributed by atoms with E-state index in [-0.39, 0.29) is 24.9 Å². The molecule has 3 aromatic rings. The molecule has 2 N–H and O–H groups in total. The second kappa shape index (κ2) is 8.57. The highest BCUT2D eigenvalue weighted by Crippen LogP contribution is 2.34. The molecular formula is C21H18N4O6. The fraction of sp³-hybridized carbons (Fsp3) is 0.143. The maximum absolute atomic E-state index is 12.0. The summed E-state index contributed by atoms with van der Waals surface area (Å²) >= 11 is 0. The lowest BCUT2D eigenvalue weighted by atomic mass is 10.1. The summed E-state index contributed by atoms with van der Waals surface area (Å²) in [4.78, 5) is 22.8. The van der Waals surface area contributed by atoms with E-state index in [1.54, 1.807) is 49.4 Å². The average Bonchev–Trinajstić information content (AvgIpc) is 3.41. The third kappa shape index (κ3) is 4.64. The Morgan fingerprint density at radius 1 is 1.16 bits per heavy atom. The van der Waals surface area contributed by atoms with Crippen molar-refractivity contribution < 1.29 is 23.6 Å². The first-order chi connectivity index (χ1) is 15.0. The van der Waals surface area contributed by atoms with Crippen LogP contribution < -0.4 is 20.2 Å². The van der Waals surface area contributed by atoms with Crippen molar-refractivity contribution in [3.05, 3.63) is 70.0 Å². The minimum Gasteiger partial charge on any atom is -0.455 e. The molecule has 0 spiro atoms. The van der Waals surface area contributed by atoms with Crippen molar-refractivity contribution in [1.82, 2.24) is 5.43 Å². The third-order valence-corrected chi connectivity index (χ3v) is 4.45. The van der Waals surface area contributed by atoms with Gasteiger partial charge in [0.05, 0.1) is 23.2 Å². The van der Waals surface area contributed by atoms with Crippen LogP contribution in [0.2, 0.25) is 0 Å². The SMILES string of the molecule is Cc1ccc(-c2ccc(/C=N\NC(=O)CNc3ccc4c(c3)OCO4)o2)c([N+](=O)[O-])c1. The number of carbonyl (C=O) groups excluding carboxylic acids is 1. The fourth-order valence-electron chi connectivity index (χ4n) is 2.96. The molecular weight excluding hydrogens is 404 g/mol. The van der Waals surface area contributed by atoms with Crippen LogP contribution in [0.15, 0.2) is 58.0 Å². The van der Waals surface area contributed by atoms with Crippen LogP contribution in [0.25, 0.3) is 11.3 Å². The van der Waals surface area contributed by atoms with Gasteiger partial charge in [0.15, 0.2) is 11.5 Å². The second-order valence-corrected chi connectivity index (χ2v) is 6.69. The molecule has 0 fully saturated rings. The summed E-state index contributed by atoms with van der Waals surface area (Å²) in [6, 6.07) is 13.4. The van der Waals surface area contributed by atoms with E-state index >= 15 is 0 Å². The molecule has 10 heteroatoms. The molecule has 0 radical (unpaired) electrons. The molecule has 2 aromatic carbocycles. The molecule has 4 rings (SSSR count). The number of nitro benzene ring substituents is 1. The second-order valence-electron chi connectivity index (χ2n) is 6.69. The summed E-state index contributed by atoms with van der Waals surface area (Å²) in [6.07, 6.45) is 1.32. The van der Waals surface area contributed by atoms with Crippen molar-refractivity contribution in [2.45, 2.75) is 6.92 Å². The number of hydrogen-bond donors (Lipinski definition) is 2. The van der Waals surface area contributed by atoms with Crippen molar-refractivity contribution in [3.63, 3.8) is 0 Å². The Bertz CT molecular complexity index is 1170. The van der Waals surface area contributed by atoms with Gasteiger partial charge in [0.1, 0.15) is 11.5 Å². The van der Waals surface area contributed by atoms with Crippen molar-refractivity contribution in [2.24, 2.45) is 5.10 Å². The molecule has 1 aliphatic heterocycles. The topological polar surface area (TPSA) is 128 Å². The lowest BCUT2D eigenvalue weighted by Gasteiger charge is -2.06. The molecule has 1 amide bonds. The highest BCUT2D eigenvalue weighted by atomic mass is 16.7. The number of hydrazone groups is 1. The van der Waals surface area contributed by atoms with Gasteiger partial charge in [-0.05, 0) is 42.8 Å². The van der Waals surface area contributed by atoms with Gasteiger partial charge in [0, 0.05) is 17.8 Å². The quantitative estimate of drug-likeness (QED) is 0.339. The zero-order valence-electron chi connectivity index (χ0n) is 16.5. The van der Waals surface area contributed by atoms with Gasteiger partial charge in [-0.2, -0.15) is 5.10 Å². The number of anilines is 1. The average molecular weight is 422 g/mol. The van der Waals surface area contributed by atoms with Crippen LogP contribution in [0.4, 0.5) is 11.4 Å². The number of hydrogen-bond acceptors (Lipinski definition) is 8. The van der Waals surface area contributed by atoms with Crippen molar-refractivity contribution in [3.8, 4) is 22.8 Å². The maximum atomic E-state index is 12.0. The molecule has 1 aliphatic rings. The number of rotatable bonds is 7. The number of nitro groups is 1. The van der Waals surface area contributed by atoms with Crippen LogP contribution in [0.1, 0.15) is 11.3 Å². The van der Waals surface area contributed by atoms with Gasteiger partial charge in [0.2, 0.25) is 6.79 Å². The van der Waals surface area contributed by atoms with Crippen molar-refractivity contribution in [1.29, 1.82) is 0 Å². The van der Waals surface area contributed by atoms with Crippen LogP contribution in [-0.4, -0.2) is 30.4 Å². The van der Waals surface area contributed by atoms with Gasteiger partial charge >= 0.3 is 0 Å². The van der Waals surface area contributed by atoms with Crippen LogP contribution in [-0.2, 0) is 4.79 Å². The molecule has 0 aliphatic carbocycles. The fourth-order valence-corrected chi connectivity index (χ4v) is 2.96. The number of benzene rings is 2. The predicted molar refractivity (Wildman–Crippen MR) is 112 cm³/mol. The predicted octanol–water partition coefficient (Wildman–Crippen LogP) is 3.45. The van der Waals surface area contributed by atoms with Gasteiger partial charge in [-0.25, -0.2) is 5.43 Å². The van der Waals surface area contributed by atoms with E-state index < -0.39 is 4.92 Å². The van der Waals surface area contributed by atoms with E-state index in [0.717, 1.165) is 5.56 Å². The minimum absolute atomic E-state index is 0.00402. The summed E-state index contributed by atoms with van der Waals surface area (Å²) < 4.78 is 16.1. The van der Waals surface area contributed by atoms with E-state index in [2.05, 4.69) is 15.8 Å². The first-order valence-electron chi connectivity index (χ1n) is 9.30. The van der Waals surface area contributed by atoms with Gasteiger partial charge in [0.25, 0.3) is 11.6 Å². The molecule has 2 heterocycles. The Morgan fingerprint density at radius 3 is 2.84 bits per heavy atom. The lowest BCUT2D eigenvalue weighted by molar-refractivity contribution is -0.384. The molecule has 0 unspecified atom stereocenters. The van der Waals surface area contributed by atoms with E-state index in [1.807, 2.05) is 0 Å². The Labute approximate surface area is 176 Å². The summed E-state index contributed by atoms with van der Waals surface area (Å²) in [5.74, 6) is 1.59. The van der Waals surface area contributed by atoms with Crippen LogP contribution in [0.5, 0.6) is 11.5 Å². The number of furan rings is 1. The van der Waals surface area contributed by atoms with Gasteiger partial charge < -0.3 is 19.2 Å². The highest BCUT2D eigenvalue weighted by Gasteiger charge is 2.18. The number of nitrogens with zero attached hydrogens (tertiary/aromatic N) is 2. The number of nitrogens with one attached hydrogen (secondary N) is 2. The van der Waals surface area contributed by atoms with Gasteiger partial charge in [-0.3, -0.25) is 14.9 Å². The maximum Gasteiger partial charge on any atom is 0.280 e. The Morgan fingerprint density at radius 2 is 2.00 bits per heavy atom. The zero-order chi connectivity index (χ0) is 21.8. The number of ether oxygens (including phenoxy) is 2. The Kier molecular flexibility index (Phi) is 5.52. The molecule has 0 atom stereocenters. The normalized spacial score (nSPS) is 12.2. The van der Waals surface area contributed by atoms with Gasteiger partial charge in [-0.1, -0.05) is 6.07 Å². The molecule has 0 saturated carbocycles. The molecule has 10 nitrogen and oxygen atoms in total. The van der Waals surface area contributed by atoms with Crippen LogP contribution in [0.3, 0.4) is 0 Å². The highest BCUT2D eigenvalue weighted by molar-refractivity contribution is 5.83. The largest absolute Gasteiger partial charge is 0.455 e. The van der Waals surface area contributed by atoms with E-state index in [9.17, 15) is 14.9 Å². The van der Waals surface area contributed by atoms with Gasteiger partial charge in [-0.15, -0.1) is 0 Å². The van der Waals surface area contributed by atoms with Crippen LogP contribution in [0, 0.1) is 17.0 Å². The molecule has 31 heavy (non-hydrogen) atoms. The first-order valence-corrected chi connectivity index (χ1v) is 9.30. The summed E-state index contributed by atoms with van der Waals surface area (Å²) in [6.45, 7) is 1.96. The number of aryl methyl sites for hydroxylation is 1. The zero-order valence-corrected chi connectivity index (χ0v) is 16.5. The monoisotopic (exact) mass is 422 g/mol. The number of fused-ring (bicyclic) bond motifs is 1. The standard InChI is InChI=1S/C21H18N4O6/c1-13-2-5-16(17(8-13)25(27)28)18-7-4-15(31-18)10-23-24-21(26)11-22-14-3-6-19-20(9-14)30-12-29-19/h2-10,22H,11-12H2,1H3,(H,24,26)/b23-10-. The van der Waals surface area contributed by atoms with E-state index in [0.29, 0.717) is 34.3 Å². The molecule has 0 bridgehead atoms.